The molecule has 0 fully saturated rings. The average Bonchev–Trinajstić information content (AvgIpc) is 2.73. The van der Waals surface area contributed by atoms with Gasteiger partial charge < -0.3 is 20.7 Å². The van der Waals surface area contributed by atoms with Gasteiger partial charge in [-0.25, -0.2) is 0 Å². The quantitative estimate of drug-likeness (QED) is 0.246. The van der Waals surface area contributed by atoms with Crippen LogP contribution in [-0.2, 0) is 12.8 Å². The number of nitrogens with zero attached hydrogens (tertiary/aromatic N) is 1. The number of amides is 1. The molecule has 0 aliphatic heterocycles. The Bertz CT molecular complexity index is 874. The highest BCUT2D eigenvalue weighted by Crippen LogP contribution is 2.22. The fraction of sp³-hybridized carbons (Fsp3) is 0.364. The van der Waals surface area contributed by atoms with Crippen LogP contribution in [0, 0.1) is 0 Å². The predicted octanol–water partition coefficient (Wildman–Crippen LogP) is 3.90. The van der Waals surface area contributed by atoms with E-state index >= 15 is 0 Å². The predicted molar refractivity (Wildman–Crippen MR) is 130 cm³/mol. The average molecular weight is 564 g/mol. The first-order valence-corrected chi connectivity index (χ1v) is 9.98. The van der Waals surface area contributed by atoms with Crippen molar-refractivity contribution in [3.8, 4) is 5.75 Å². The van der Waals surface area contributed by atoms with Crippen molar-refractivity contribution >= 4 is 35.8 Å². The summed E-state index contributed by atoms with van der Waals surface area (Å²) in [6.45, 7) is 3.76. The summed E-state index contributed by atoms with van der Waals surface area (Å²) >= 11 is 0. The number of aliphatic imine (C=N–C) groups is 1. The summed E-state index contributed by atoms with van der Waals surface area (Å²) in [5, 5.41) is 9.01. The van der Waals surface area contributed by atoms with Crippen molar-refractivity contribution in [2.24, 2.45) is 4.99 Å². The van der Waals surface area contributed by atoms with E-state index in [4.69, 9.17) is 0 Å². The normalized spacial score (nSPS) is 11.3. The molecule has 0 bridgehead atoms. The minimum absolute atomic E-state index is 0. The second kappa shape index (κ2) is 13.8. The van der Waals surface area contributed by atoms with E-state index in [1.807, 2.05) is 25.1 Å². The third kappa shape index (κ3) is 10.2. The summed E-state index contributed by atoms with van der Waals surface area (Å²) in [6, 6.07) is 13.2. The largest absolute Gasteiger partial charge is 0.573 e. The van der Waals surface area contributed by atoms with Crippen molar-refractivity contribution in [1.29, 1.82) is 0 Å². The highest BCUT2D eigenvalue weighted by atomic mass is 127. The Morgan fingerprint density at radius 2 is 1.75 bits per heavy atom. The van der Waals surface area contributed by atoms with Crippen LogP contribution in [0.4, 0.5) is 13.2 Å². The minimum atomic E-state index is -4.69. The summed E-state index contributed by atoms with van der Waals surface area (Å²) in [5.74, 6) is 0.292. The third-order valence-electron chi connectivity index (χ3n) is 4.29. The fourth-order valence-electron chi connectivity index (χ4n) is 2.83. The lowest BCUT2D eigenvalue weighted by molar-refractivity contribution is -0.274. The van der Waals surface area contributed by atoms with Crippen LogP contribution in [0.2, 0.25) is 0 Å². The molecule has 3 N–H and O–H groups in total. The number of alkyl halides is 3. The van der Waals surface area contributed by atoms with Gasteiger partial charge in [0.15, 0.2) is 5.96 Å². The van der Waals surface area contributed by atoms with Crippen molar-refractivity contribution in [2.75, 3.05) is 26.7 Å². The van der Waals surface area contributed by atoms with Gasteiger partial charge in [-0.3, -0.25) is 9.79 Å². The van der Waals surface area contributed by atoms with E-state index in [2.05, 4.69) is 25.7 Å². The van der Waals surface area contributed by atoms with E-state index in [-0.39, 0.29) is 35.6 Å². The zero-order chi connectivity index (χ0) is 22.7. The molecular weight excluding hydrogens is 536 g/mol. The Morgan fingerprint density at radius 1 is 1.03 bits per heavy atom. The van der Waals surface area contributed by atoms with Crippen molar-refractivity contribution < 1.29 is 22.7 Å². The minimum Gasteiger partial charge on any atom is -0.406 e. The molecule has 6 nitrogen and oxygen atoms in total. The highest BCUT2D eigenvalue weighted by Gasteiger charge is 2.30. The molecule has 0 unspecified atom stereocenters. The third-order valence-corrected chi connectivity index (χ3v) is 4.29. The van der Waals surface area contributed by atoms with Crippen LogP contribution in [0.15, 0.2) is 53.5 Å². The molecule has 2 aromatic carbocycles. The zero-order valence-corrected chi connectivity index (χ0v) is 20.3. The van der Waals surface area contributed by atoms with Gasteiger partial charge in [-0.2, -0.15) is 0 Å². The van der Waals surface area contributed by atoms with Gasteiger partial charge in [0.05, 0.1) is 0 Å². The van der Waals surface area contributed by atoms with Crippen LogP contribution in [0.3, 0.4) is 0 Å². The monoisotopic (exact) mass is 564 g/mol. The maximum Gasteiger partial charge on any atom is 0.573 e. The Labute approximate surface area is 203 Å². The maximum atomic E-state index is 12.2. The summed E-state index contributed by atoms with van der Waals surface area (Å²) < 4.78 is 40.5. The van der Waals surface area contributed by atoms with Gasteiger partial charge in [0.2, 0.25) is 0 Å². The van der Waals surface area contributed by atoms with Crippen LogP contribution in [0.25, 0.3) is 0 Å². The van der Waals surface area contributed by atoms with E-state index in [0.29, 0.717) is 37.6 Å². The van der Waals surface area contributed by atoms with E-state index in [1.54, 1.807) is 25.2 Å². The number of carbonyl (C=O) groups is 1. The van der Waals surface area contributed by atoms with Crippen molar-refractivity contribution in [3.05, 3.63) is 65.2 Å². The fourth-order valence-corrected chi connectivity index (χ4v) is 2.83. The summed E-state index contributed by atoms with van der Waals surface area (Å²) in [6.07, 6.45) is -3.39. The van der Waals surface area contributed by atoms with Gasteiger partial charge >= 0.3 is 6.36 Å². The molecule has 176 valence electrons. The summed E-state index contributed by atoms with van der Waals surface area (Å²) in [7, 11) is 1.60. The Morgan fingerprint density at radius 3 is 2.38 bits per heavy atom. The second-order valence-corrected chi connectivity index (χ2v) is 6.66. The lowest BCUT2D eigenvalue weighted by Crippen LogP contribution is -2.38. The molecule has 10 heteroatoms. The Balaban J connectivity index is 0.00000512. The molecule has 0 radical (unpaired) electrons. The topological polar surface area (TPSA) is 74.8 Å². The van der Waals surface area contributed by atoms with Gasteiger partial charge in [-0.1, -0.05) is 24.3 Å². The van der Waals surface area contributed by atoms with E-state index in [0.717, 1.165) is 17.5 Å². The molecule has 2 rings (SSSR count). The van der Waals surface area contributed by atoms with Crippen LogP contribution in [0.1, 0.15) is 28.4 Å². The molecule has 1 amide bonds. The molecule has 0 aliphatic rings. The van der Waals surface area contributed by atoms with Crippen LogP contribution < -0.4 is 20.7 Å². The molecular formula is C22H28F3IN4O2. The molecule has 0 atom stereocenters. The van der Waals surface area contributed by atoms with Crippen molar-refractivity contribution in [3.63, 3.8) is 0 Å². The number of ether oxygens (including phenoxy) is 1. The zero-order valence-electron chi connectivity index (χ0n) is 18.0. The number of guanidine groups is 1. The molecule has 32 heavy (non-hydrogen) atoms. The number of hydrogen-bond donors (Lipinski definition) is 3. The summed E-state index contributed by atoms with van der Waals surface area (Å²) in [5.41, 5.74) is 2.51. The van der Waals surface area contributed by atoms with Gasteiger partial charge in [0.1, 0.15) is 5.75 Å². The number of nitrogens with one attached hydrogen (secondary N) is 3. The van der Waals surface area contributed by atoms with E-state index < -0.39 is 6.36 Å². The van der Waals surface area contributed by atoms with E-state index in [9.17, 15) is 18.0 Å². The Hall–Kier alpha value is -2.50. The van der Waals surface area contributed by atoms with Gasteiger partial charge in [-0.15, -0.1) is 37.1 Å². The van der Waals surface area contributed by atoms with Gasteiger partial charge in [0, 0.05) is 32.2 Å². The lowest BCUT2D eigenvalue weighted by Gasteiger charge is -2.12. The molecule has 0 aromatic heterocycles. The van der Waals surface area contributed by atoms with E-state index in [1.165, 1.54) is 12.1 Å². The second-order valence-electron chi connectivity index (χ2n) is 6.66. The number of carbonyl (C=O) groups excluding carboxylic acids is 1. The van der Waals surface area contributed by atoms with Crippen LogP contribution in [-0.4, -0.2) is 44.9 Å². The number of halogens is 4. The maximum absolute atomic E-state index is 12.2. The molecule has 0 heterocycles. The number of hydrogen-bond acceptors (Lipinski definition) is 3. The van der Waals surface area contributed by atoms with Crippen molar-refractivity contribution in [1.82, 2.24) is 16.0 Å². The van der Waals surface area contributed by atoms with Crippen molar-refractivity contribution in [2.45, 2.75) is 26.1 Å². The standard InChI is InChI=1S/C22H27F3N4O2.HI/c1-3-27-21(29-14-12-17-5-4-6-18(15-17)20(30)26-2)28-13-11-16-7-9-19(10-8-16)31-22(23,24)25;/h4-10,15H,3,11-14H2,1-2H3,(H,26,30)(H2,27,28,29);1H. The molecule has 0 saturated heterocycles. The number of benzene rings is 2. The molecule has 2 aromatic rings. The van der Waals surface area contributed by atoms with Gasteiger partial charge in [0.25, 0.3) is 5.91 Å². The summed E-state index contributed by atoms with van der Waals surface area (Å²) in [4.78, 5) is 16.2. The molecule has 0 aliphatic carbocycles. The first kappa shape index (κ1) is 27.5. The lowest BCUT2D eigenvalue weighted by atomic mass is 10.1. The SMILES string of the molecule is CCNC(=NCCc1ccc(OC(F)(F)F)cc1)NCCc1cccc(C(=O)NC)c1.I. The molecule has 0 spiro atoms. The van der Waals surface area contributed by atoms with Crippen LogP contribution >= 0.6 is 24.0 Å². The molecule has 0 saturated carbocycles. The first-order chi connectivity index (χ1) is 14.8. The first-order valence-electron chi connectivity index (χ1n) is 9.98. The van der Waals surface area contributed by atoms with Gasteiger partial charge in [-0.05, 0) is 55.2 Å². The smallest absolute Gasteiger partial charge is 0.406 e. The Kier molecular flexibility index (Phi) is 11.9. The highest BCUT2D eigenvalue weighted by molar-refractivity contribution is 14.0. The number of rotatable bonds is 9. The van der Waals surface area contributed by atoms with Crippen LogP contribution in [0.5, 0.6) is 5.75 Å².